The van der Waals surface area contributed by atoms with Gasteiger partial charge < -0.3 is 10.5 Å². The van der Waals surface area contributed by atoms with Gasteiger partial charge in [-0.2, -0.15) is 0 Å². The summed E-state index contributed by atoms with van der Waals surface area (Å²) in [5.41, 5.74) is 3.92. The van der Waals surface area contributed by atoms with Crippen LogP contribution in [0.5, 0.6) is 0 Å². The number of ether oxygens (including phenoxy) is 1. The Hall–Kier alpha value is -1.32. The maximum atomic E-state index is 11.1. The summed E-state index contributed by atoms with van der Waals surface area (Å²) in [6.07, 6.45) is 2.52. The fraction of sp³-hybridized carbons (Fsp3) is 0.500. The second-order valence-corrected chi connectivity index (χ2v) is 3.02. The third kappa shape index (κ3) is 1.09. The van der Waals surface area contributed by atoms with Crippen LogP contribution < -0.4 is 5.73 Å². The topological polar surface area (TPSA) is 69.4 Å². The number of nitrogens with two attached hydrogens (primary N) is 1. The molecule has 0 aromatic heterocycles. The Morgan fingerprint density at radius 3 is 2.75 bits per heavy atom. The summed E-state index contributed by atoms with van der Waals surface area (Å²) in [4.78, 5) is 22.1. The van der Waals surface area contributed by atoms with E-state index in [1.54, 1.807) is 6.92 Å². The first kappa shape index (κ1) is 8.77. The monoisotopic (exact) mass is 169 g/mol. The van der Waals surface area contributed by atoms with E-state index in [0.717, 1.165) is 0 Å². The molecule has 1 rings (SSSR count). The van der Waals surface area contributed by atoms with E-state index in [9.17, 15) is 9.59 Å². The third-order valence-electron chi connectivity index (χ3n) is 2.29. The number of carbonyl (C=O) groups is 2. The number of primary amides is 1. The zero-order valence-electron chi connectivity index (χ0n) is 7.03. The summed E-state index contributed by atoms with van der Waals surface area (Å²) < 4.78 is 5.03. The van der Waals surface area contributed by atoms with Gasteiger partial charge in [-0.1, -0.05) is 6.92 Å². The van der Waals surface area contributed by atoms with Gasteiger partial charge in [0.25, 0.3) is 5.91 Å². The molecule has 0 saturated heterocycles. The highest BCUT2D eigenvalue weighted by Gasteiger charge is 2.43. The average Bonchev–Trinajstić information content (AvgIpc) is 2.00. The molecule has 0 bridgehead atoms. The van der Waals surface area contributed by atoms with Crippen molar-refractivity contribution < 1.29 is 14.3 Å². The van der Waals surface area contributed by atoms with Gasteiger partial charge in [0.05, 0.1) is 12.2 Å². The Kier molecular flexibility index (Phi) is 1.92. The normalized spacial score (nSPS) is 34.5. The smallest absolute Gasteiger partial charge is 0.262 e. The molecule has 0 fully saturated rings. The quantitative estimate of drug-likeness (QED) is 0.599. The lowest BCUT2D eigenvalue weighted by Crippen LogP contribution is -2.51. The Morgan fingerprint density at radius 2 is 2.33 bits per heavy atom. The van der Waals surface area contributed by atoms with Gasteiger partial charge in [-0.3, -0.25) is 9.59 Å². The molecule has 0 radical (unpaired) electrons. The second kappa shape index (κ2) is 2.62. The van der Waals surface area contributed by atoms with Gasteiger partial charge >= 0.3 is 0 Å². The van der Waals surface area contributed by atoms with Crippen LogP contribution in [0.2, 0.25) is 0 Å². The molecule has 12 heavy (non-hydrogen) atoms. The molecule has 66 valence electrons. The lowest BCUT2D eigenvalue weighted by Gasteiger charge is -2.32. The Morgan fingerprint density at radius 1 is 1.75 bits per heavy atom. The van der Waals surface area contributed by atoms with Gasteiger partial charge in [0.1, 0.15) is 0 Å². The van der Waals surface area contributed by atoms with Crippen molar-refractivity contribution in [2.75, 3.05) is 0 Å². The summed E-state index contributed by atoms with van der Waals surface area (Å²) >= 11 is 0. The van der Waals surface area contributed by atoms with Crippen LogP contribution in [0.3, 0.4) is 0 Å². The highest BCUT2D eigenvalue weighted by molar-refractivity contribution is 5.98. The predicted molar refractivity (Wildman–Crippen MR) is 42.0 cm³/mol. The van der Waals surface area contributed by atoms with E-state index in [0.29, 0.717) is 0 Å². The zero-order valence-corrected chi connectivity index (χ0v) is 7.03. The van der Waals surface area contributed by atoms with E-state index in [-0.39, 0.29) is 5.78 Å². The van der Waals surface area contributed by atoms with Gasteiger partial charge in [-0.15, -0.1) is 0 Å². The number of rotatable bonds is 1. The molecule has 1 heterocycles. The number of hydrogen-bond acceptors (Lipinski definition) is 3. The van der Waals surface area contributed by atoms with Crippen molar-refractivity contribution >= 4 is 11.7 Å². The largest absolute Gasteiger partial charge is 0.484 e. The van der Waals surface area contributed by atoms with Crippen molar-refractivity contribution in [1.82, 2.24) is 0 Å². The lowest BCUT2D eigenvalue weighted by molar-refractivity contribution is -0.148. The van der Waals surface area contributed by atoms with Gasteiger partial charge in [0.15, 0.2) is 11.4 Å². The van der Waals surface area contributed by atoms with Crippen LogP contribution in [0, 0.1) is 5.92 Å². The maximum Gasteiger partial charge on any atom is 0.262 e. The molecule has 1 aliphatic heterocycles. The minimum atomic E-state index is -1.19. The zero-order chi connectivity index (χ0) is 9.35. The lowest BCUT2D eigenvalue weighted by atomic mass is 9.85. The summed E-state index contributed by atoms with van der Waals surface area (Å²) in [6.45, 7) is 3.14. The third-order valence-corrected chi connectivity index (χ3v) is 2.29. The number of hydrogen-bond donors (Lipinski definition) is 1. The average molecular weight is 169 g/mol. The van der Waals surface area contributed by atoms with Crippen molar-refractivity contribution in [2.45, 2.75) is 19.4 Å². The minimum absolute atomic E-state index is 0.137. The summed E-state index contributed by atoms with van der Waals surface area (Å²) in [5, 5.41) is 0. The number of amides is 1. The highest BCUT2D eigenvalue weighted by atomic mass is 16.5. The van der Waals surface area contributed by atoms with Crippen LogP contribution in [-0.4, -0.2) is 17.3 Å². The van der Waals surface area contributed by atoms with E-state index in [1.807, 2.05) is 0 Å². The molecular weight excluding hydrogens is 158 g/mol. The number of carbonyl (C=O) groups excluding carboxylic acids is 2. The number of allylic oxidation sites excluding steroid dienone is 1. The summed E-state index contributed by atoms with van der Waals surface area (Å²) in [6, 6.07) is 0. The van der Waals surface area contributed by atoms with Crippen LogP contribution in [0.1, 0.15) is 13.8 Å². The molecule has 2 N–H and O–H groups in total. The van der Waals surface area contributed by atoms with E-state index < -0.39 is 17.4 Å². The van der Waals surface area contributed by atoms with Crippen molar-refractivity contribution in [1.29, 1.82) is 0 Å². The first-order valence-corrected chi connectivity index (χ1v) is 3.66. The molecule has 0 aromatic rings. The highest BCUT2D eigenvalue weighted by Crippen LogP contribution is 2.26. The van der Waals surface area contributed by atoms with Crippen LogP contribution in [-0.2, 0) is 14.3 Å². The summed E-state index contributed by atoms with van der Waals surface area (Å²) in [7, 11) is 0. The van der Waals surface area contributed by atoms with E-state index in [2.05, 4.69) is 0 Å². The molecule has 0 saturated carbocycles. The van der Waals surface area contributed by atoms with Crippen molar-refractivity contribution in [3.8, 4) is 0 Å². The summed E-state index contributed by atoms with van der Waals surface area (Å²) in [5.74, 6) is -1.27. The van der Waals surface area contributed by atoms with Crippen LogP contribution in [0.4, 0.5) is 0 Å². The molecule has 4 heteroatoms. The van der Waals surface area contributed by atoms with E-state index >= 15 is 0 Å². The molecule has 1 amide bonds. The Labute approximate surface area is 70.4 Å². The van der Waals surface area contributed by atoms with Gasteiger partial charge in [-0.05, 0) is 6.92 Å². The minimum Gasteiger partial charge on any atom is -0.484 e. The van der Waals surface area contributed by atoms with Crippen molar-refractivity contribution in [2.24, 2.45) is 11.7 Å². The fourth-order valence-corrected chi connectivity index (χ4v) is 1.03. The SMILES string of the molecule is CC1C(=O)C=COC1(C)C(N)=O. The van der Waals surface area contributed by atoms with Crippen LogP contribution >= 0.6 is 0 Å². The molecule has 4 nitrogen and oxygen atoms in total. The first-order valence-electron chi connectivity index (χ1n) is 3.66. The van der Waals surface area contributed by atoms with Gasteiger partial charge in [0, 0.05) is 6.08 Å². The first-order chi connectivity index (χ1) is 5.48. The second-order valence-electron chi connectivity index (χ2n) is 3.02. The maximum absolute atomic E-state index is 11.1. The fourth-order valence-electron chi connectivity index (χ4n) is 1.03. The Balaban J connectivity index is 3.00. The van der Waals surface area contributed by atoms with Crippen LogP contribution in [0.15, 0.2) is 12.3 Å². The van der Waals surface area contributed by atoms with E-state index in [4.69, 9.17) is 10.5 Å². The molecule has 0 aliphatic carbocycles. The van der Waals surface area contributed by atoms with Crippen molar-refractivity contribution in [3.05, 3.63) is 12.3 Å². The van der Waals surface area contributed by atoms with Gasteiger partial charge in [0.2, 0.25) is 0 Å². The molecule has 0 spiro atoms. The molecular formula is C8H11NO3. The molecule has 1 aliphatic rings. The van der Waals surface area contributed by atoms with Crippen molar-refractivity contribution in [3.63, 3.8) is 0 Å². The molecule has 0 aromatic carbocycles. The number of ketones is 1. The van der Waals surface area contributed by atoms with Gasteiger partial charge in [-0.25, -0.2) is 0 Å². The molecule has 2 unspecified atom stereocenters. The molecule has 2 atom stereocenters. The van der Waals surface area contributed by atoms with Crippen LogP contribution in [0.25, 0.3) is 0 Å². The Bertz CT molecular complexity index is 259. The predicted octanol–water partition coefficient (Wildman–Crippen LogP) is -0.0205. The van der Waals surface area contributed by atoms with E-state index in [1.165, 1.54) is 19.3 Å². The standard InChI is InChI=1S/C8H11NO3/c1-5-6(10)3-4-12-8(5,2)7(9)11/h3-5H,1-2H3,(H2,9,11).